The molecule has 6 heteroatoms. The van der Waals surface area contributed by atoms with Gasteiger partial charge in [0.15, 0.2) is 5.58 Å². The molecular weight excluding hydrogens is 266 g/mol. The standard InChI is InChI=1S/C13H12ClN3O2/c1-6(2)10-9-11-7(4-15-13(14)16-11)3-8(5-18)12(9)19-17-10/h3-4,6,18H,5H2,1-2H3. The zero-order valence-corrected chi connectivity index (χ0v) is 11.3. The molecule has 0 spiro atoms. The molecule has 98 valence electrons. The maximum Gasteiger partial charge on any atom is 0.222 e. The highest BCUT2D eigenvalue weighted by Crippen LogP contribution is 2.33. The molecule has 0 aliphatic rings. The van der Waals surface area contributed by atoms with Crippen molar-refractivity contribution in [3.63, 3.8) is 0 Å². The first-order valence-corrected chi connectivity index (χ1v) is 6.34. The van der Waals surface area contributed by atoms with Crippen molar-refractivity contribution in [3.05, 3.63) is 28.8 Å². The fourth-order valence-electron chi connectivity index (χ4n) is 2.19. The van der Waals surface area contributed by atoms with Crippen LogP contribution in [0.15, 0.2) is 16.8 Å². The van der Waals surface area contributed by atoms with Gasteiger partial charge in [0.2, 0.25) is 5.28 Å². The molecule has 0 bridgehead atoms. The quantitative estimate of drug-likeness (QED) is 0.729. The zero-order chi connectivity index (χ0) is 13.6. The molecule has 0 amide bonds. The van der Waals surface area contributed by atoms with Crippen molar-refractivity contribution in [2.24, 2.45) is 0 Å². The van der Waals surface area contributed by atoms with Crippen LogP contribution in [-0.2, 0) is 6.61 Å². The van der Waals surface area contributed by atoms with E-state index in [9.17, 15) is 5.11 Å². The number of hydrogen-bond acceptors (Lipinski definition) is 5. The Balaban J connectivity index is 2.53. The van der Waals surface area contributed by atoms with Crippen LogP contribution >= 0.6 is 11.6 Å². The largest absolute Gasteiger partial charge is 0.392 e. The molecule has 1 N–H and O–H groups in total. The van der Waals surface area contributed by atoms with Gasteiger partial charge in [-0.1, -0.05) is 19.0 Å². The average molecular weight is 278 g/mol. The first-order valence-electron chi connectivity index (χ1n) is 5.96. The Kier molecular flexibility index (Phi) is 2.88. The smallest absolute Gasteiger partial charge is 0.222 e. The molecule has 0 saturated carbocycles. The molecule has 3 aromatic rings. The van der Waals surface area contributed by atoms with Gasteiger partial charge in [-0.05, 0) is 23.6 Å². The van der Waals surface area contributed by atoms with E-state index in [1.165, 1.54) is 0 Å². The van der Waals surface area contributed by atoms with Gasteiger partial charge in [-0.2, -0.15) is 0 Å². The summed E-state index contributed by atoms with van der Waals surface area (Å²) in [5.74, 6) is 0.187. The Morgan fingerprint density at radius 3 is 2.89 bits per heavy atom. The first-order chi connectivity index (χ1) is 9.11. The average Bonchev–Trinajstić information content (AvgIpc) is 2.83. The van der Waals surface area contributed by atoms with E-state index in [1.54, 1.807) is 12.3 Å². The summed E-state index contributed by atoms with van der Waals surface area (Å²) in [6.07, 6.45) is 1.64. The molecule has 0 fully saturated rings. The molecule has 0 radical (unpaired) electrons. The minimum Gasteiger partial charge on any atom is -0.392 e. The monoisotopic (exact) mass is 277 g/mol. The van der Waals surface area contributed by atoms with Crippen LogP contribution in [0.3, 0.4) is 0 Å². The molecule has 3 rings (SSSR count). The lowest BCUT2D eigenvalue weighted by atomic mass is 10.0. The van der Waals surface area contributed by atoms with Crippen molar-refractivity contribution in [2.75, 3.05) is 0 Å². The van der Waals surface area contributed by atoms with E-state index < -0.39 is 0 Å². The topological polar surface area (TPSA) is 72.0 Å². The molecule has 1 aromatic carbocycles. The van der Waals surface area contributed by atoms with Crippen molar-refractivity contribution in [3.8, 4) is 0 Å². The highest BCUT2D eigenvalue weighted by Gasteiger charge is 2.19. The van der Waals surface area contributed by atoms with E-state index >= 15 is 0 Å². The second kappa shape index (κ2) is 4.43. The maximum absolute atomic E-state index is 9.44. The van der Waals surface area contributed by atoms with Gasteiger partial charge in [0.1, 0.15) is 0 Å². The number of aliphatic hydroxyl groups excluding tert-OH is 1. The molecule has 19 heavy (non-hydrogen) atoms. The number of aliphatic hydroxyl groups is 1. The van der Waals surface area contributed by atoms with Crippen molar-refractivity contribution >= 4 is 33.5 Å². The van der Waals surface area contributed by atoms with E-state index in [0.29, 0.717) is 16.7 Å². The van der Waals surface area contributed by atoms with Gasteiger partial charge in [0.05, 0.1) is 23.2 Å². The number of hydrogen-bond donors (Lipinski definition) is 1. The van der Waals surface area contributed by atoms with Crippen LogP contribution in [0.4, 0.5) is 0 Å². The minimum absolute atomic E-state index is 0.123. The van der Waals surface area contributed by atoms with Gasteiger partial charge in [-0.25, -0.2) is 9.97 Å². The van der Waals surface area contributed by atoms with Crippen LogP contribution in [0.1, 0.15) is 31.0 Å². The van der Waals surface area contributed by atoms with Crippen LogP contribution in [0, 0.1) is 0 Å². The van der Waals surface area contributed by atoms with Crippen LogP contribution in [0.5, 0.6) is 0 Å². The van der Waals surface area contributed by atoms with Crippen molar-refractivity contribution in [1.29, 1.82) is 0 Å². The number of nitrogens with zero attached hydrogens (tertiary/aromatic N) is 3. The third-order valence-corrected chi connectivity index (χ3v) is 3.26. The van der Waals surface area contributed by atoms with Crippen LogP contribution < -0.4 is 0 Å². The van der Waals surface area contributed by atoms with Gasteiger partial charge < -0.3 is 9.63 Å². The van der Waals surface area contributed by atoms with Gasteiger partial charge in [0, 0.05) is 17.1 Å². The summed E-state index contributed by atoms with van der Waals surface area (Å²) < 4.78 is 5.37. The van der Waals surface area contributed by atoms with Crippen LogP contribution in [0.25, 0.3) is 21.9 Å². The summed E-state index contributed by atoms with van der Waals surface area (Å²) in [7, 11) is 0. The molecule has 2 heterocycles. The maximum atomic E-state index is 9.44. The molecule has 0 aliphatic heterocycles. The summed E-state index contributed by atoms with van der Waals surface area (Å²) in [5.41, 5.74) is 2.75. The van der Waals surface area contributed by atoms with Gasteiger partial charge in [0.25, 0.3) is 0 Å². The molecule has 0 atom stereocenters. The highest BCUT2D eigenvalue weighted by atomic mass is 35.5. The highest BCUT2D eigenvalue weighted by molar-refractivity contribution is 6.28. The predicted octanol–water partition coefficient (Wildman–Crippen LogP) is 3.04. The predicted molar refractivity (Wildman–Crippen MR) is 72.1 cm³/mol. The summed E-state index contributed by atoms with van der Waals surface area (Å²) in [6.45, 7) is 3.93. The molecule has 0 unspecified atom stereocenters. The summed E-state index contributed by atoms with van der Waals surface area (Å²) in [6, 6.07) is 1.79. The van der Waals surface area contributed by atoms with E-state index in [2.05, 4.69) is 15.1 Å². The number of halogens is 1. The van der Waals surface area contributed by atoms with Gasteiger partial charge in [-0.3, -0.25) is 0 Å². The van der Waals surface area contributed by atoms with Gasteiger partial charge in [-0.15, -0.1) is 0 Å². The fraction of sp³-hybridized carbons (Fsp3) is 0.308. The lowest BCUT2D eigenvalue weighted by Gasteiger charge is -2.05. The SMILES string of the molecule is CC(C)c1noc2c(CO)cc3cnc(Cl)nc3c12. The Morgan fingerprint density at radius 1 is 1.42 bits per heavy atom. The number of fused-ring (bicyclic) bond motifs is 3. The third-order valence-electron chi connectivity index (χ3n) is 3.08. The van der Waals surface area contributed by atoms with E-state index in [1.807, 2.05) is 13.8 Å². The zero-order valence-electron chi connectivity index (χ0n) is 10.5. The second-order valence-electron chi connectivity index (χ2n) is 4.70. The van der Waals surface area contributed by atoms with Crippen molar-refractivity contribution in [2.45, 2.75) is 26.4 Å². The number of benzene rings is 1. The lowest BCUT2D eigenvalue weighted by Crippen LogP contribution is -1.93. The van der Waals surface area contributed by atoms with E-state index in [4.69, 9.17) is 16.1 Å². The third kappa shape index (κ3) is 1.86. The molecule has 5 nitrogen and oxygen atoms in total. The Bertz CT molecular complexity index is 767. The lowest BCUT2D eigenvalue weighted by molar-refractivity contribution is 0.280. The Labute approximate surface area is 114 Å². The number of aromatic nitrogens is 3. The van der Waals surface area contributed by atoms with E-state index in [0.717, 1.165) is 16.5 Å². The molecule has 0 saturated heterocycles. The van der Waals surface area contributed by atoms with Crippen LogP contribution in [0.2, 0.25) is 5.28 Å². The van der Waals surface area contributed by atoms with E-state index in [-0.39, 0.29) is 17.8 Å². The Morgan fingerprint density at radius 2 is 2.21 bits per heavy atom. The summed E-state index contributed by atoms with van der Waals surface area (Å²) in [4.78, 5) is 8.24. The first kappa shape index (κ1) is 12.3. The van der Waals surface area contributed by atoms with Crippen molar-refractivity contribution < 1.29 is 9.63 Å². The van der Waals surface area contributed by atoms with Crippen LogP contribution in [-0.4, -0.2) is 20.2 Å². The Hall–Kier alpha value is -1.72. The minimum atomic E-state index is -0.123. The molecular formula is C13H12ClN3O2. The van der Waals surface area contributed by atoms with Gasteiger partial charge >= 0.3 is 0 Å². The normalized spacial score (nSPS) is 11.8. The fourth-order valence-corrected chi connectivity index (χ4v) is 2.32. The summed E-state index contributed by atoms with van der Waals surface area (Å²) >= 11 is 5.87. The van der Waals surface area contributed by atoms with Crippen molar-refractivity contribution in [1.82, 2.24) is 15.1 Å². The second-order valence-corrected chi connectivity index (χ2v) is 5.04. The molecule has 2 aromatic heterocycles. The number of rotatable bonds is 2. The molecule has 0 aliphatic carbocycles. The summed E-state index contributed by atoms with van der Waals surface area (Å²) in [5, 5.41) is 15.3.